The maximum Gasteiger partial charge on any atom is 0.283 e. The molecule has 0 aliphatic heterocycles. The Hall–Kier alpha value is -2.18. The van der Waals surface area contributed by atoms with Crippen LogP contribution >= 0.6 is 22.9 Å². The Labute approximate surface area is 136 Å². The third-order valence-corrected chi connectivity index (χ3v) is 4.18. The van der Waals surface area contributed by atoms with Crippen LogP contribution in [-0.4, -0.2) is 35.0 Å². The van der Waals surface area contributed by atoms with Crippen molar-refractivity contribution in [3.8, 4) is 11.1 Å². The lowest BCUT2D eigenvalue weighted by Crippen LogP contribution is -2.19. The highest BCUT2D eigenvalue weighted by molar-refractivity contribution is 7.17. The largest absolute Gasteiger partial charge is 0.367 e. The molecule has 5 nitrogen and oxygen atoms in total. The molecule has 1 aromatic carbocycles. The molecule has 2 aromatic heterocycles. The minimum absolute atomic E-state index is 0.186. The number of fused-ring (bicyclic) bond motifs is 1. The van der Waals surface area contributed by atoms with E-state index in [0.29, 0.717) is 15.2 Å². The van der Waals surface area contributed by atoms with Crippen LogP contribution < -0.4 is 5.56 Å². The fraction of sp³-hybridized carbons (Fsp3) is 0.133. The van der Waals surface area contributed by atoms with Gasteiger partial charge in [-0.2, -0.15) is 9.78 Å². The summed E-state index contributed by atoms with van der Waals surface area (Å²) in [5.41, 5.74) is 1.60. The lowest BCUT2D eigenvalue weighted by atomic mass is 10.1. The van der Waals surface area contributed by atoms with E-state index < -0.39 is 0 Å². The highest BCUT2D eigenvalue weighted by atomic mass is 35.5. The molecule has 0 bridgehead atoms. The van der Waals surface area contributed by atoms with Gasteiger partial charge in [0.05, 0.1) is 5.39 Å². The van der Waals surface area contributed by atoms with Crippen molar-refractivity contribution >= 4 is 39.5 Å². The maximum atomic E-state index is 12.6. The Bertz CT molecular complexity index is 896. The number of hydrogen-bond acceptors (Lipinski definition) is 4. The van der Waals surface area contributed by atoms with Gasteiger partial charge in [0.2, 0.25) is 0 Å². The minimum Gasteiger partial charge on any atom is -0.367 e. The lowest BCUT2D eigenvalue weighted by molar-refractivity contribution is 0.629. The van der Waals surface area contributed by atoms with Crippen LogP contribution in [-0.2, 0) is 0 Å². The van der Waals surface area contributed by atoms with E-state index in [1.54, 1.807) is 23.4 Å². The highest BCUT2D eigenvalue weighted by Crippen LogP contribution is 2.31. The van der Waals surface area contributed by atoms with Crippen LogP contribution in [0.2, 0.25) is 5.02 Å². The van der Waals surface area contributed by atoms with Crippen LogP contribution in [0.3, 0.4) is 0 Å². The first-order valence-corrected chi connectivity index (χ1v) is 7.78. The standard InChI is InChI=1S/C15H13ClN4OS/c1-19(2)9-18-20-8-17-14-13(15(20)21)12(7-22-14)10-3-5-11(16)6-4-10/h3-9H,1-2H3/b18-9+. The molecule has 0 fully saturated rings. The fourth-order valence-corrected chi connectivity index (χ4v) is 3.04. The average molecular weight is 333 g/mol. The average Bonchev–Trinajstić information content (AvgIpc) is 2.92. The Morgan fingerprint density at radius 3 is 2.73 bits per heavy atom. The van der Waals surface area contributed by atoms with Crippen molar-refractivity contribution in [2.45, 2.75) is 0 Å². The van der Waals surface area contributed by atoms with Crippen molar-refractivity contribution in [2.75, 3.05) is 14.1 Å². The van der Waals surface area contributed by atoms with Gasteiger partial charge < -0.3 is 4.90 Å². The Kier molecular flexibility index (Phi) is 3.96. The van der Waals surface area contributed by atoms with Gasteiger partial charge in [0.1, 0.15) is 17.5 Å². The molecule has 0 N–H and O–H groups in total. The summed E-state index contributed by atoms with van der Waals surface area (Å²) >= 11 is 7.36. The van der Waals surface area contributed by atoms with Gasteiger partial charge in [-0.3, -0.25) is 4.79 Å². The molecule has 0 aliphatic rings. The number of rotatable bonds is 3. The summed E-state index contributed by atoms with van der Waals surface area (Å²) in [7, 11) is 3.68. The van der Waals surface area contributed by atoms with E-state index in [-0.39, 0.29) is 5.56 Å². The van der Waals surface area contributed by atoms with E-state index >= 15 is 0 Å². The Morgan fingerprint density at radius 1 is 1.32 bits per heavy atom. The van der Waals surface area contributed by atoms with E-state index in [0.717, 1.165) is 11.1 Å². The molecule has 2 heterocycles. The monoisotopic (exact) mass is 332 g/mol. The summed E-state index contributed by atoms with van der Waals surface area (Å²) in [6.45, 7) is 0. The first kappa shape index (κ1) is 14.7. The van der Waals surface area contributed by atoms with E-state index in [2.05, 4.69) is 10.1 Å². The van der Waals surface area contributed by atoms with Gasteiger partial charge in [0.25, 0.3) is 5.56 Å². The molecular weight excluding hydrogens is 320 g/mol. The Balaban J connectivity index is 2.19. The molecule has 0 spiro atoms. The molecule has 3 rings (SSSR count). The molecule has 0 aliphatic carbocycles. The third kappa shape index (κ3) is 2.75. The zero-order valence-corrected chi connectivity index (χ0v) is 13.6. The quantitative estimate of drug-likeness (QED) is 0.547. The molecule has 0 unspecified atom stereocenters. The van der Waals surface area contributed by atoms with Crippen molar-refractivity contribution < 1.29 is 0 Å². The minimum atomic E-state index is -0.186. The Morgan fingerprint density at radius 2 is 2.05 bits per heavy atom. The van der Waals surface area contributed by atoms with Crippen LogP contribution in [0.25, 0.3) is 21.3 Å². The summed E-state index contributed by atoms with van der Waals surface area (Å²) < 4.78 is 1.24. The van der Waals surface area contributed by atoms with Crippen molar-refractivity contribution in [3.05, 3.63) is 51.3 Å². The molecule has 0 amide bonds. The zero-order valence-electron chi connectivity index (χ0n) is 12.0. The third-order valence-electron chi connectivity index (χ3n) is 3.04. The second-order valence-corrected chi connectivity index (χ2v) is 6.22. The van der Waals surface area contributed by atoms with Crippen LogP contribution in [0.4, 0.5) is 0 Å². The summed E-state index contributed by atoms with van der Waals surface area (Å²) in [4.78, 5) is 19.4. The van der Waals surface area contributed by atoms with Gasteiger partial charge in [-0.25, -0.2) is 4.98 Å². The normalized spacial score (nSPS) is 11.4. The van der Waals surface area contributed by atoms with Crippen molar-refractivity contribution in [1.82, 2.24) is 14.6 Å². The molecule has 22 heavy (non-hydrogen) atoms. The SMILES string of the molecule is CN(C)/C=N/n1cnc2scc(-c3ccc(Cl)cc3)c2c1=O. The topological polar surface area (TPSA) is 50.5 Å². The van der Waals surface area contributed by atoms with Crippen molar-refractivity contribution in [3.63, 3.8) is 0 Å². The van der Waals surface area contributed by atoms with Crippen LogP contribution in [0.15, 0.2) is 45.9 Å². The predicted molar refractivity (Wildman–Crippen MR) is 91.9 cm³/mol. The van der Waals surface area contributed by atoms with E-state index in [1.807, 2.05) is 31.6 Å². The zero-order chi connectivity index (χ0) is 15.7. The van der Waals surface area contributed by atoms with Gasteiger partial charge in [0, 0.05) is 30.1 Å². The number of benzene rings is 1. The molecule has 0 radical (unpaired) electrons. The van der Waals surface area contributed by atoms with Gasteiger partial charge in [-0.15, -0.1) is 11.3 Å². The summed E-state index contributed by atoms with van der Waals surface area (Å²) in [6.07, 6.45) is 3.00. The van der Waals surface area contributed by atoms with Crippen LogP contribution in [0, 0.1) is 0 Å². The molecular formula is C15H13ClN4OS. The second kappa shape index (κ2) is 5.90. The second-order valence-electron chi connectivity index (χ2n) is 4.93. The van der Waals surface area contributed by atoms with Crippen molar-refractivity contribution in [2.24, 2.45) is 5.10 Å². The smallest absolute Gasteiger partial charge is 0.283 e. The molecule has 7 heteroatoms. The number of hydrogen-bond donors (Lipinski definition) is 0. The molecule has 0 saturated heterocycles. The number of aromatic nitrogens is 2. The maximum absolute atomic E-state index is 12.6. The van der Waals surface area contributed by atoms with Crippen LogP contribution in [0.5, 0.6) is 0 Å². The van der Waals surface area contributed by atoms with E-state index in [1.165, 1.54) is 22.3 Å². The predicted octanol–water partition coefficient (Wildman–Crippen LogP) is 3.13. The summed E-state index contributed by atoms with van der Waals surface area (Å²) in [5, 5.41) is 7.28. The fourth-order valence-electron chi connectivity index (χ4n) is 2.01. The summed E-state index contributed by atoms with van der Waals surface area (Å²) in [5.74, 6) is 0. The van der Waals surface area contributed by atoms with Crippen molar-refractivity contribution in [1.29, 1.82) is 0 Å². The molecule has 0 saturated carbocycles. The van der Waals surface area contributed by atoms with Gasteiger partial charge in [0.15, 0.2) is 0 Å². The number of nitrogens with zero attached hydrogens (tertiary/aromatic N) is 4. The van der Waals surface area contributed by atoms with Gasteiger partial charge in [-0.1, -0.05) is 23.7 Å². The number of thiophene rings is 1. The molecule has 3 aromatic rings. The molecule has 0 atom stereocenters. The first-order valence-electron chi connectivity index (χ1n) is 6.52. The van der Waals surface area contributed by atoms with Gasteiger partial charge >= 0.3 is 0 Å². The highest BCUT2D eigenvalue weighted by Gasteiger charge is 2.13. The van der Waals surface area contributed by atoms with E-state index in [4.69, 9.17) is 11.6 Å². The summed E-state index contributed by atoms with van der Waals surface area (Å²) in [6, 6.07) is 7.40. The van der Waals surface area contributed by atoms with Gasteiger partial charge in [-0.05, 0) is 17.7 Å². The van der Waals surface area contributed by atoms with Crippen LogP contribution in [0.1, 0.15) is 0 Å². The molecule has 112 valence electrons. The van der Waals surface area contributed by atoms with E-state index in [9.17, 15) is 4.79 Å². The lowest BCUT2D eigenvalue weighted by Gasteiger charge is -2.04. The number of halogens is 1. The first-order chi connectivity index (χ1) is 10.6.